The Morgan fingerprint density at radius 3 is 0.991 bits per heavy atom. The highest BCUT2D eigenvalue weighted by Gasteiger charge is 2.25. The number of anilines is 3. The third kappa shape index (κ3) is 11.4. The molecule has 21 rings (SSSR count). The average molecular weight is 1380 g/mol. The summed E-state index contributed by atoms with van der Waals surface area (Å²) in [6.07, 6.45) is 0. The summed E-state index contributed by atoms with van der Waals surface area (Å²) < 4.78 is 15.9. The predicted octanol–water partition coefficient (Wildman–Crippen LogP) is 25.8. The van der Waals surface area contributed by atoms with Gasteiger partial charge in [-0.3, -0.25) is 0 Å². The second-order valence-corrected chi connectivity index (χ2v) is 26.9. The number of fused-ring (bicyclic) bond motifs is 13. The summed E-state index contributed by atoms with van der Waals surface area (Å²) in [6.45, 7) is 0. The van der Waals surface area contributed by atoms with Crippen molar-refractivity contribution in [2.24, 2.45) is 0 Å². The molecule has 0 radical (unpaired) electrons. The van der Waals surface area contributed by atoms with Crippen molar-refractivity contribution in [3.8, 4) is 96.3 Å². The number of hydrogen-bond donors (Lipinski definition) is 0. The van der Waals surface area contributed by atoms with Crippen LogP contribution < -0.4 is 4.90 Å². The van der Waals surface area contributed by atoms with E-state index in [9.17, 15) is 0 Å². The van der Waals surface area contributed by atoms with Gasteiger partial charge in [0.1, 0.15) is 22.3 Å². The molecule has 0 fully saturated rings. The molecule has 21 aromatic rings. The molecule has 0 atom stereocenters. The van der Waals surface area contributed by atoms with Crippen molar-refractivity contribution >= 4 is 104 Å². The topological polar surface area (TPSA) is 112 Å². The zero-order chi connectivity index (χ0) is 71.4. The second-order valence-electron chi connectivity index (χ2n) is 26.9. The molecule has 0 saturated carbocycles. The maximum absolute atomic E-state index is 6.80. The number of hydrogen-bond acceptors (Lipinski definition) is 9. The number of aromatic nitrogens is 7. The van der Waals surface area contributed by atoms with Crippen LogP contribution in [0.3, 0.4) is 0 Å². The van der Waals surface area contributed by atoms with E-state index in [2.05, 4.69) is 252 Å². The zero-order valence-corrected chi connectivity index (χ0v) is 58.2. The molecule has 16 aromatic carbocycles. The Kier molecular flexibility index (Phi) is 15.6. The lowest BCUT2D eigenvalue weighted by Crippen LogP contribution is -2.09. The van der Waals surface area contributed by atoms with E-state index < -0.39 is 0 Å². The predicted molar refractivity (Wildman–Crippen MR) is 442 cm³/mol. The fraction of sp³-hybridized carbons (Fsp3) is 0. The number of nitrogens with zero attached hydrogens (tertiary/aromatic N) is 8. The molecule has 0 spiro atoms. The van der Waals surface area contributed by atoms with Gasteiger partial charge in [0.25, 0.3) is 0 Å². The van der Waals surface area contributed by atoms with Gasteiger partial charge in [-0.2, -0.15) is 0 Å². The van der Waals surface area contributed by atoms with Crippen LogP contribution in [0.4, 0.5) is 17.1 Å². The molecular weight excluding hydrogens is 1320 g/mol. The van der Waals surface area contributed by atoms with Crippen LogP contribution in [0.25, 0.3) is 183 Å². The fourth-order valence-electron chi connectivity index (χ4n) is 15.2. The Labute approximate surface area is 621 Å². The van der Waals surface area contributed by atoms with E-state index in [0.717, 1.165) is 144 Å². The van der Waals surface area contributed by atoms with Crippen LogP contribution in [-0.2, 0) is 0 Å². The summed E-state index contributed by atoms with van der Waals surface area (Å²) in [5.74, 6) is 3.58. The van der Waals surface area contributed by atoms with Crippen molar-refractivity contribution in [3.05, 3.63) is 376 Å². The molecule has 108 heavy (non-hydrogen) atoms. The van der Waals surface area contributed by atoms with Gasteiger partial charge in [-0.25, -0.2) is 29.9 Å². The number of rotatable bonds is 12. The quantitative estimate of drug-likeness (QED) is 0.118. The monoisotopic (exact) mass is 1380 g/mol. The number of benzene rings is 16. The van der Waals surface area contributed by atoms with Gasteiger partial charge in [0.15, 0.2) is 34.9 Å². The summed E-state index contributed by atoms with van der Waals surface area (Å²) >= 11 is 0. The van der Waals surface area contributed by atoms with E-state index in [4.69, 9.17) is 38.7 Å². The number of para-hydroxylation sites is 4. The van der Waals surface area contributed by atoms with E-state index in [-0.39, 0.29) is 0 Å². The Morgan fingerprint density at radius 1 is 0.222 bits per heavy atom. The SMILES string of the molecule is c1ccc(-c2nc(-c3ccccc3)nc(-c3cc4ccccc4c4c3oc3ccc(-c5ccc(N(c6ccccc6)c6ccccc6)cc5)cc34)n2)cc1.c1ccc(-c2nc(-c3ccccc3)nc(-c3cc4ccccc4c4c3oc3ccc(-c5ccc6c(c5)c5ccccc5n6-c5ccccc5)cc34)n2)cc1. The molecule has 0 bridgehead atoms. The van der Waals surface area contributed by atoms with E-state index in [1.807, 2.05) is 133 Å². The van der Waals surface area contributed by atoms with Crippen molar-refractivity contribution in [2.45, 2.75) is 0 Å². The molecule has 10 heteroatoms. The zero-order valence-electron chi connectivity index (χ0n) is 58.2. The lowest BCUT2D eigenvalue weighted by atomic mass is 9.97. The van der Waals surface area contributed by atoms with Crippen LogP contribution in [0.15, 0.2) is 385 Å². The van der Waals surface area contributed by atoms with Crippen molar-refractivity contribution < 1.29 is 8.83 Å². The highest BCUT2D eigenvalue weighted by molar-refractivity contribution is 6.24. The van der Waals surface area contributed by atoms with Crippen LogP contribution in [0.2, 0.25) is 0 Å². The third-order valence-electron chi connectivity index (χ3n) is 20.3. The summed E-state index contributed by atoms with van der Waals surface area (Å²) in [6, 6.07) is 130. The molecule has 5 aromatic heterocycles. The summed E-state index contributed by atoms with van der Waals surface area (Å²) in [4.78, 5) is 32.4. The van der Waals surface area contributed by atoms with Gasteiger partial charge in [0.05, 0.1) is 22.2 Å². The van der Waals surface area contributed by atoms with Crippen LogP contribution in [-0.4, -0.2) is 34.5 Å². The molecule has 0 aliphatic heterocycles. The maximum Gasteiger partial charge on any atom is 0.167 e. The fourth-order valence-corrected chi connectivity index (χ4v) is 15.2. The van der Waals surface area contributed by atoms with Crippen molar-refractivity contribution in [2.75, 3.05) is 4.90 Å². The smallest absolute Gasteiger partial charge is 0.167 e. The molecule has 0 saturated heterocycles. The van der Waals surface area contributed by atoms with E-state index >= 15 is 0 Å². The minimum atomic E-state index is 0.565. The Bertz CT molecular complexity index is 6800. The third-order valence-corrected chi connectivity index (χ3v) is 20.3. The summed E-state index contributed by atoms with van der Waals surface area (Å²) in [7, 11) is 0. The molecule has 0 amide bonds. The van der Waals surface area contributed by atoms with Crippen LogP contribution in [0.1, 0.15) is 0 Å². The van der Waals surface area contributed by atoms with E-state index in [1.165, 1.54) is 21.8 Å². The van der Waals surface area contributed by atoms with Gasteiger partial charge in [-0.1, -0.05) is 273 Å². The van der Waals surface area contributed by atoms with Crippen molar-refractivity contribution in [3.63, 3.8) is 0 Å². The van der Waals surface area contributed by atoms with E-state index in [1.54, 1.807) is 0 Å². The van der Waals surface area contributed by atoms with Crippen molar-refractivity contribution in [1.82, 2.24) is 34.5 Å². The van der Waals surface area contributed by atoms with Gasteiger partial charge in [0.2, 0.25) is 0 Å². The normalized spacial score (nSPS) is 11.5. The molecule has 0 N–H and O–H groups in total. The minimum Gasteiger partial charge on any atom is -0.455 e. The molecular formula is C98H62N8O2. The van der Waals surface area contributed by atoms with Crippen LogP contribution in [0, 0.1) is 0 Å². The maximum atomic E-state index is 6.80. The van der Waals surface area contributed by atoms with Gasteiger partial charge >= 0.3 is 0 Å². The Morgan fingerprint density at radius 2 is 0.546 bits per heavy atom. The molecule has 0 unspecified atom stereocenters. The van der Waals surface area contributed by atoms with Crippen LogP contribution in [0.5, 0.6) is 0 Å². The molecule has 0 aliphatic rings. The van der Waals surface area contributed by atoms with Gasteiger partial charge in [0, 0.05) is 77.3 Å². The summed E-state index contributed by atoms with van der Waals surface area (Å²) in [5.41, 5.74) is 19.8. The Balaban J connectivity index is 0.000000142. The first-order valence-corrected chi connectivity index (χ1v) is 36.1. The minimum absolute atomic E-state index is 0.565. The standard InChI is InChI=1S/C49H30N4O.C49H32N4O/c1-4-14-31(15-5-1)47-50-48(32-16-6-2-7-17-32)52-49(51-47)41-30-35-18-10-11-21-37(35)45-40-29-34(25-27-44(40)54-46(41)45)33-24-26-43-39(28-33)38-22-12-13-23-42(38)53(43)36-19-8-3-9-20-36;1-5-15-34(16-6-1)47-50-48(35-17-7-2-8-18-35)52-49(51-47)43-32-37-19-13-14-24-41(37)45-42-31-36(27-30-44(42)54-46(43)45)33-25-28-40(29-26-33)53(38-20-9-3-10-21-38)39-22-11-4-12-23-39/h1-30H;1-32H. The highest BCUT2D eigenvalue weighted by atomic mass is 16.3. The average Bonchev–Trinajstić information content (AvgIpc) is 1.55. The first-order valence-electron chi connectivity index (χ1n) is 36.1. The lowest BCUT2D eigenvalue weighted by Gasteiger charge is -2.25. The number of furan rings is 2. The van der Waals surface area contributed by atoms with Gasteiger partial charge in [-0.05, 0) is 147 Å². The molecule has 506 valence electrons. The van der Waals surface area contributed by atoms with Gasteiger partial charge in [-0.15, -0.1) is 0 Å². The molecule has 10 nitrogen and oxygen atoms in total. The largest absolute Gasteiger partial charge is 0.455 e. The summed E-state index contributed by atoms with van der Waals surface area (Å²) in [5, 5.41) is 11.0. The van der Waals surface area contributed by atoms with E-state index in [0.29, 0.717) is 34.9 Å². The first-order chi connectivity index (χ1) is 53.5. The van der Waals surface area contributed by atoms with Gasteiger partial charge < -0.3 is 18.3 Å². The molecule has 0 aliphatic carbocycles. The highest BCUT2D eigenvalue weighted by Crippen LogP contribution is 2.46. The lowest BCUT2D eigenvalue weighted by molar-refractivity contribution is 0.669. The van der Waals surface area contributed by atoms with Crippen molar-refractivity contribution in [1.29, 1.82) is 0 Å². The van der Waals surface area contributed by atoms with Crippen LogP contribution >= 0.6 is 0 Å². The first kappa shape index (κ1) is 63.0. The molecule has 5 heterocycles. The Hall–Kier alpha value is -14.7. The second kappa shape index (κ2) is 26.8.